The second kappa shape index (κ2) is 7.17. The lowest BCUT2D eigenvalue weighted by molar-refractivity contribution is 0.0779. The van der Waals surface area contributed by atoms with Gasteiger partial charge in [0.1, 0.15) is 5.82 Å². The summed E-state index contributed by atoms with van der Waals surface area (Å²) in [5.41, 5.74) is 1.51. The minimum Gasteiger partial charge on any atom is -0.334 e. The maximum absolute atomic E-state index is 12.6. The van der Waals surface area contributed by atoms with Crippen molar-refractivity contribution < 1.29 is 4.79 Å². The Morgan fingerprint density at radius 2 is 1.92 bits per heavy atom. The number of rotatable bonds is 5. The van der Waals surface area contributed by atoms with E-state index in [1.54, 1.807) is 37.5 Å². The van der Waals surface area contributed by atoms with Crippen LogP contribution < -0.4 is 5.56 Å². The minimum atomic E-state index is -0.148. The molecule has 0 saturated carbocycles. The summed E-state index contributed by atoms with van der Waals surface area (Å²) in [6.45, 7) is 1.10. The molecule has 3 rings (SSSR count). The molecule has 0 aliphatic carbocycles. The van der Waals surface area contributed by atoms with E-state index in [1.165, 1.54) is 16.2 Å². The second-order valence-corrected chi connectivity index (χ2v) is 5.99. The van der Waals surface area contributed by atoms with Gasteiger partial charge in [0, 0.05) is 45.3 Å². The van der Waals surface area contributed by atoms with Gasteiger partial charge < -0.3 is 14.0 Å². The summed E-state index contributed by atoms with van der Waals surface area (Å²) in [4.78, 5) is 30.0. The van der Waals surface area contributed by atoms with Crippen molar-refractivity contribution >= 4 is 5.91 Å². The van der Waals surface area contributed by atoms with E-state index in [2.05, 4.69) is 17.1 Å². The highest BCUT2D eigenvalue weighted by molar-refractivity contribution is 5.93. The van der Waals surface area contributed by atoms with Crippen molar-refractivity contribution in [1.82, 2.24) is 19.0 Å². The molecule has 0 fully saturated rings. The van der Waals surface area contributed by atoms with Crippen LogP contribution in [0.5, 0.6) is 0 Å². The molecule has 0 spiro atoms. The third-order valence-electron chi connectivity index (χ3n) is 4.06. The van der Waals surface area contributed by atoms with Crippen LogP contribution in [0.3, 0.4) is 0 Å². The number of carbonyl (C=O) groups excluding carboxylic acids is 1. The topological polar surface area (TPSA) is 60.1 Å². The van der Waals surface area contributed by atoms with E-state index >= 15 is 0 Å². The quantitative estimate of drug-likeness (QED) is 0.715. The van der Waals surface area contributed by atoms with Crippen LogP contribution in [-0.4, -0.2) is 32.0 Å². The Kier molecular flexibility index (Phi) is 4.79. The molecule has 6 heteroatoms. The largest absolute Gasteiger partial charge is 0.334 e. The van der Waals surface area contributed by atoms with Crippen LogP contribution in [0.2, 0.25) is 0 Å². The molecule has 1 aromatic carbocycles. The lowest BCUT2D eigenvalue weighted by atomic mass is 10.2. The van der Waals surface area contributed by atoms with Crippen LogP contribution in [0.4, 0.5) is 0 Å². The van der Waals surface area contributed by atoms with Gasteiger partial charge >= 0.3 is 0 Å². The number of hydrogen-bond acceptors (Lipinski definition) is 3. The van der Waals surface area contributed by atoms with Crippen molar-refractivity contribution in [3.63, 3.8) is 0 Å². The lowest BCUT2D eigenvalue weighted by Gasteiger charge is -2.18. The predicted molar refractivity (Wildman–Crippen MR) is 95.3 cm³/mol. The van der Waals surface area contributed by atoms with Gasteiger partial charge in [0.25, 0.3) is 5.91 Å². The number of carbonyl (C=O) groups is 1. The number of imidazole rings is 1. The van der Waals surface area contributed by atoms with Gasteiger partial charge in [0.05, 0.1) is 12.1 Å². The van der Waals surface area contributed by atoms with Crippen LogP contribution in [-0.2, 0) is 20.1 Å². The van der Waals surface area contributed by atoms with Crippen molar-refractivity contribution in [2.24, 2.45) is 7.05 Å². The fourth-order valence-corrected chi connectivity index (χ4v) is 2.64. The standard InChI is InChI=1S/C19H20N4O2/c1-21-13-16(8-9-18(21)24)19(25)22(2)14-17-20-10-11-23(17)12-15-6-4-3-5-7-15/h3-11,13H,12,14H2,1-2H3. The second-order valence-electron chi connectivity index (χ2n) is 5.99. The van der Waals surface area contributed by atoms with E-state index in [0.29, 0.717) is 18.7 Å². The number of aryl methyl sites for hydroxylation is 1. The van der Waals surface area contributed by atoms with Crippen molar-refractivity contribution in [3.05, 3.63) is 88.4 Å². The molecule has 0 N–H and O–H groups in total. The van der Waals surface area contributed by atoms with Gasteiger partial charge in [0.15, 0.2) is 0 Å². The maximum Gasteiger partial charge on any atom is 0.255 e. The summed E-state index contributed by atoms with van der Waals surface area (Å²) in [5.74, 6) is 0.661. The van der Waals surface area contributed by atoms with Crippen LogP contribution in [0.25, 0.3) is 0 Å². The molecule has 0 unspecified atom stereocenters. The molecule has 1 amide bonds. The Balaban J connectivity index is 1.74. The zero-order valence-electron chi connectivity index (χ0n) is 14.3. The smallest absolute Gasteiger partial charge is 0.255 e. The van der Waals surface area contributed by atoms with Gasteiger partial charge in [-0.2, -0.15) is 0 Å². The van der Waals surface area contributed by atoms with Crippen LogP contribution >= 0.6 is 0 Å². The van der Waals surface area contributed by atoms with Gasteiger partial charge in [-0.25, -0.2) is 4.98 Å². The first kappa shape index (κ1) is 16.7. The molecule has 0 bridgehead atoms. The molecular formula is C19H20N4O2. The molecule has 0 saturated heterocycles. The summed E-state index contributed by atoms with van der Waals surface area (Å²) in [6.07, 6.45) is 5.20. The zero-order valence-corrected chi connectivity index (χ0v) is 14.3. The zero-order chi connectivity index (χ0) is 17.8. The Labute approximate surface area is 146 Å². The van der Waals surface area contributed by atoms with Gasteiger partial charge in [-0.1, -0.05) is 30.3 Å². The Bertz CT molecular complexity index is 928. The molecule has 6 nitrogen and oxygen atoms in total. The first-order valence-electron chi connectivity index (χ1n) is 8.00. The molecule has 2 heterocycles. The highest BCUT2D eigenvalue weighted by Gasteiger charge is 2.15. The van der Waals surface area contributed by atoms with E-state index in [0.717, 1.165) is 5.82 Å². The van der Waals surface area contributed by atoms with E-state index in [9.17, 15) is 9.59 Å². The Hall–Kier alpha value is -3.15. The fraction of sp³-hybridized carbons (Fsp3) is 0.211. The summed E-state index contributed by atoms with van der Waals surface area (Å²) < 4.78 is 3.43. The summed E-state index contributed by atoms with van der Waals surface area (Å²) in [5, 5.41) is 0. The highest BCUT2D eigenvalue weighted by Crippen LogP contribution is 2.09. The van der Waals surface area contributed by atoms with E-state index in [-0.39, 0.29) is 11.5 Å². The van der Waals surface area contributed by atoms with Gasteiger partial charge in [-0.3, -0.25) is 9.59 Å². The van der Waals surface area contributed by atoms with Crippen molar-refractivity contribution in [3.8, 4) is 0 Å². The van der Waals surface area contributed by atoms with Crippen LogP contribution in [0, 0.1) is 0 Å². The van der Waals surface area contributed by atoms with Crippen LogP contribution in [0.1, 0.15) is 21.7 Å². The number of aromatic nitrogens is 3. The van der Waals surface area contributed by atoms with Crippen molar-refractivity contribution in [2.75, 3.05) is 7.05 Å². The molecule has 0 radical (unpaired) electrons. The van der Waals surface area contributed by atoms with Gasteiger partial charge in [0.2, 0.25) is 5.56 Å². The molecule has 128 valence electrons. The summed E-state index contributed by atoms with van der Waals surface area (Å²) in [7, 11) is 3.36. The summed E-state index contributed by atoms with van der Waals surface area (Å²) >= 11 is 0. The van der Waals surface area contributed by atoms with Gasteiger partial charge in [-0.15, -0.1) is 0 Å². The number of benzene rings is 1. The Morgan fingerprint density at radius 3 is 2.64 bits per heavy atom. The predicted octanol–water partition coefficient (Wildman–Crippen LogP) is 1.90. The number of amides is 1. The third kappa shape index (κ3) is 3.85. The van der Waals surface area contributed by atoms with E-state index in [1.807, 2.05) is 29.0 Å². The highest BCUT2D eigenvalue weighted by atomic mass is 16.2. The summed E-state index contributed by atoms with van der Waals surface area (Å²) in [6, 6.07) is 13.1. The maximum atomic E-state index is 12.6. The lowest BCUT2D eigenvalue weighted by Crippen LogP contribution is -2.29. The van der Waals surface area contributed by atoms with Crippen molar-refractivity contribution in [2.45, 2.75) is 13.1 Å². The van der Waals surface area contributed by atoms with Crippen molar-refractivity contribution in [1.29, 1.82) is 0 Å². The Morgan fingerprint density at radius 1 is 1.16 bits per heavy atom. The number of pyridine rings is 1. The molecule has 0 aliphatic heterocycles. The monoisotopic (exact) mass is 336 g/mol. The van der Waals surface area contributed by atoms with E-state index < -0.39 is 0 Å². The number of hydrogen-bond donors (Lipinski definition) is 0. The number of nitrogens with zero attached hydrogens (tertiary/aromatic N) is 4. The van der Waals surface area contributed by atoms with E-state index in [4.69, 9.17) is 0 Å². The normalized spacial score (nSPS) is 10.6. The average Bonchev–Trinajstić information content (AvgIpc) is 3.04. The van der Waals surface area contributed by atoms with Gasteiger partial charge in [-0.05, 0) is 11.6 Å². The molecule has 3 aromatic rings. The molecule has 25 heavy (non-hydrogen) atoms. The first-order valence-corrected chi connectivity index (χ1v) is 8.00. The average molecular weight is 336 g/mol. The SMILES string of the molecule is CN(Cc1nccn1Cc1ccccc1)C(=O)c1ccc(=O)n(C)c1. The first-order chi connectivity index (χ1) is 12.0. The minimum absolute atomic E-state index is 0.141. The molecule has 0 atom stereocenters. The van der Waals surface area contributed by atoms with Crippen LogP contribution in [0.15, 0.2) is 65.8 Å². The molecular weight excluding hydrogens is 316 g/mol. The third-order valence-corrected chi connectivity index (χ3v) is 4.06. The fourth-order valence-electron chi connectivity index (χ4n) is 2.64. The molecule has 0 aliphatic rings. The molecule has 2 aromatic heterocycles.